The lowest BCUT2D eigenvalue weighted by Gasteiger charge is -1.99. The first-order valence-corrected chi connectivity index (χ1v) is 3.81. The minimum Gasteiger partial charge on any atom is -0.323 e. The fourth-order valence-corrected chi connectivity index (χ4v) is 0.832. The van der Waals surface area contributed by atoms with Crippen LogP contribution in [0.5, 0.6) is 0 Å². The molecule has 3 nitrogen and oxygen atoms in total. The van der Waals surface area contributed by atoms with E-state index >= 15 is 0 Å². The van der Waals surface area contributed by atoms with Crippen LogP contribution in [0.3, 0.4) is 0 Å². The molecule has 0 bridgehead atoms. The predicted molar refractivity (Wildman–Crippen MR) is 50.3 cm³/mol. The average Bonchev–Trinajstić information content (AvgIpc) is 2.16. The molecule has 0 aliphatic heterocycles. The van der Waals surface area contributed by atoms with Gasteiger partial charge in [-0.2, -0.15) is 0 Å². The molecule has 0 fully saturated rings. The third kappa shape index (κ3) is 3.33. The SMILES string of the molecule is O=C/C=C\C(=O)Nc1ccccc1. The lowest BCUT2D eigenvalue weighted by molar-refractivity contribution is -0.112. The van der Waals surface area contributed by atoms with E-state index in [0.29, 0.717) is 12.0 Å². The summed E-state index contributed by atoms with van der Waals surface area (Å²) in [6.07, 6.45) is 2.89. The number of hydrogen-bond donors (Lipinski definition) is 1. The molecule has 3 heteroatoms. The number of benzene rings is 1. The fourth-order valence-electron chi connectivity index (χ4n) is 0.832. The maximum Gasteiger partial charge on any atom is 0.248 e. The van der Waals surface area contributed by atoms with Crippen LogP contribution in [-0.4, -0.2) is 12.2 Å². The minimum absolute atomic E-state index is 0.307. The lowest BCUT2D eigenvalue weighted by atomic mass is 10.3. The summed E-state index contributed by atoms with van der Waals surface area (Å²) in [6.45, 7) is 0. The molecule has 1 N–H and O–H groups in total. The standard InChI is InChI=1S/C10H9NO2/c12-8-4-7-10(13)11-9-5-2-1-3-6-9/h1-8H,(H,11,13)/b7-4-. The Morgan fingerprint density at radius 2 is 1.92 bits per heavy atom. The van der Waals surface area contributed by atoms with Crippen LogP contribution in [0.4, 0.5) is 5.69 Å². The maximum absolute atomic E-state index is 11.0. The summed E-state index contributed by atoms with van der Waals surface area (Å²) in [7, 11) is 0. The molecule has 0 saturated carbocycles. The van der Waals surface area contributed by atoms with Crippen LogP contribution in [0.1, 0.15) is 0 Å². The summed E-state index contributed by atoms with van der Waals surface area (Å²) in [5.41, 5.74) is 0.711. The zero-order chi connectivity index (χ0) is 9.52. The van der Waals surface area contributed by atoms with Crippen molar-refractivity contribution in [1.82, 2.24) is 0 Å². The van der Waals surface area contributed by atoms with Gasteiger partial charge in [-0.1, -0.05) is 18.2 Å². The van der Waals surface area contributed by atoms with Gasteiger partial charge in [0.1, 0.15) is 6.29 Å². The zero-order valence-electron chi connectivity index (χ0n) is 6.94. The van der Waals surface area contributed by atoms with Gasteiger partial charge in [0.25, 0.3) is 0 Å². The van der Waals surface area contributed by atoms with Gasteiger partial charge in [0.05, 0.1) is 0 Å². The lowest BCUT2D eigenvalue weighted by Crippen LogP contribution is -2.07. The molecule has 0 radical (unpaired) electrons. The first kappa shape index (κ1) is 9.19. The zero-order valence-corrected chi connectivity index (χ0v) is 6.94. The molecule has 0 heterocycles. The second-order valence-corrected chi connectivity index (χ2v) is 2.35. The summed E-state index contributed by atoms with van der Waals surface area (Å²) in [5, 5.41) is 2.59. The molecule has 66 valence electrons. The highest BCUT2D eigenvalue weighted by Gasteiger charge is 1.94. The first-order valence-electron chi connectivity index (χ1n) is 3.81. The first-order chi connectivity index (χ1) is 6.33. The molecule has 1 aromatic carbocycles. The fraction of sp³-hybridized carbons (Fsp3) is 0. The number of amides is 1. The highest BCUT2D eigenvalue weighted by Crippen LogP contribution is 2.04. The molecule has 0 spiro atoms. The molecule has 0 saturated heterocycles. The van der Waals surface area contributed by atoms with E-state index in [-0.39, 0.29) is 5.91 Å². The molecule has 1 aromatic rings. The number of aldehydes is 1. The van der Waals surface area contributed by atoms with E-state index in [2.05, 4.69) is 5.32 Å². The van der Waals surface area contributed by atoms with Crippen molar-refractivity contribution in [2.75, 3.05) is 5.32 Å². The average molecular weight is 175 g/mol. The predicted octanol–water partition coefficient (Wildman–Crippen LogP) is 1.38. The van der Waals surface area contributed by atoms with Crippen LogP contribution in [0, 0.1) is 0 Å². The van der Waals surface area contributed by atoms with E-state index in [4.69, 9.17) is 0 Å². The third-order valence-corrected chi connectivity index (χ3v) is 1.37. The number of para-hydroxylation sites is 1. The van der Waals surface area contributed by atoms with Gasteiger partial charge in [0.2, 0.25) is 5.91 Å². The molecule has 1 rings (SSSR count). The molecule has 0 aliphatic carbocycles. The van der Waals surface area contributed by atoms with Crippen LogP contribution in [0.25, 0.3) is 0 Å². The van der Waals surface area contributed by atoms with Gasteiger partial charge in [-0.3, -0.25) is 9.59 Å². The van der Waals surface area contributed by atoms with Crippen molar-refractivity contribution in [3.63, 3.8) is 0 Å². The third-order valence-electron chi connectivity index (χ3n) is 1.37. The molecule has 0 atom stereocenters. The molecular weight excluding hydrogens is 166 g/mol. The second-order valence-electron chi connectivity index (χ2n) is 2.35. The van der Waals surface area contributed by atoms with Gasteiger partial charge < -0.3 is 5.32 Å². The van der Waals surface area contributed by atoms with E-state index in [0.717, 1.165) is 6.08 Å². The number of carbonyl (C=O) groups excluding carboxylic acids is 2. The second kappa shape index (κ2) is 4.87. The van der Waals surface area contributed by atoms with Crippen molar-refractivity contribution < 1.29 is 9.59 Å². The Hall–Kier alpha value is -1.90. The summed E-state index contributed by atoms with van der Waals surface area (Å²) in [4.78, 5) is 20.9. The van der Waals surface area contributed by atoms with Crippen LogP contribution in [-0.2, 0) is 9.59 Å². The Balaban J connectivity index is 2.55. The van der Waals surface area contributed by atoms with Crippen LogP contribution in [0.15, 0.2) is 42.5 Å². The number of anilines is 1. The number of allylic oxidation sites excluding steroid dienone is 1. The van der Waals surface area contributed by atoms with Crippen LogP contribution in [0.2, 0.25) is 0 Å². The molecule has 13 heavy (non-hydrogen) atoms. The summed E-state index contributed by atoms with van der Waals surface area (Å²) >= 11 is 0. The normalized spacial score (nSPS) is 9.85. The monoisotopic (exact) mass is 175 g/mol. The van der Waals surface area contributed by atoms with Gasteiger partial charge in [-0.05, 0) is 18.2 Å². The topological polar surface area (TPSA) is 46.2 Å². The van der Waals surface area contributed by atoms with E-state index in [1.54, 1.807) is 12.1 Å². The van der Waals surface area contributed by atoms with E-state index in [1.807, 2.05) is 18.2 Å². The number of carbonyl (C=O) groups is 2. The van der Waals surface area contributed by atoms with Gasteiger partial charge in [-0.15, -0.1) is 0 Å². The molecule has 0 unspecified atom stereocenters. The quantitative estimate of drug-likeness (QED) is 0.557. The summed E-state index contributed by atoms with van der Waals surface area (Å²) in [6, 6.07) is 9.04. The smallest absolute Gasteiger partial charge is 0.248 e. The molecular formula is C10H9NO2. The Labute approximate surface area is 76.1 Å². The van der Waals surface area contributed by atoms with Crippen molar-refractivity contribution in [2.45, 2.75) is 0 Å². The van der Waals surface area contributed by atoms with Crippen molar-refractivity contribution in [2.24, 2.45) is 0 Å². The molecule has 1 amide bonds. The van der Waals surface area contributed by atoms with Crippen LogP contribution < -0.4 is 5.32 Å². The molecule has 0 aliphatic rings. The van der Waals surface area contributed by atoms with Gasteiger partial charge in [0.15, 0.2) is 0 Å². The summed E-state index contributed by atoms with van der Waals surface area (Å²) in [5.74, 6) is -0.307. The Kier molecular flexibility index (Phi) is 3.45. The number of rotatable bonds is 3. The van der Waals surface area contributed by atoms with Crippen molar-refractivity contribution >= 4 is 17.9 Å². The highest BCUT2D eigenvalue weighted by atomic mass is 16.1. The van der Waals surface area contributed by atoms with Crippen molar-refractivity contribution in [1.29, 1.82) is 0 Å². The Morgan fingerprint density at radius 1 is 1.23 bits per heavy atom. The Morgan fingerprint density at radius 3 is 2.54 bits per heavy atom. The maximum atomic E-state index is 11.0. The van der Waals surface area contributed by atoms with Gasteiger partial charge >= 0.3 is 0 Å². The largest absolute Gasteiger partial charge is 0.323 e. The van der Waals surface area contributed by atoms with Crippen molar-refractivity contribution in [3.8, 4) is 0 Å². The number of hydrogen-bond acceptors (Lipinski definition) is 2. The van der Waals surface area contributed by atoms with E-state index < -0.39 is 0 Å². The Bertz CT molecular complexity index is 317. The van der Waals surface area contributed by atoms with Crippen molar-refractivity contribution in [3.05, 3.63) is 42.5 Å². The van der Waals surface area contributed by atoms with Crippen LogP contribution >= 0.6 is 0 Å². The number of nitrogens with one attached hydrogen (secondary N) is 1. The summed E-state index contributed by atoms with van der Waals surface area (Å²) < 4.78 is 0. The van der Waals surface area contributed by atoms with Gasteiger partial charge in [0, 0.05) is 11.8 Å². The minimum atomic E-state index is -0.307. The van der Waals surface area contributed by atoms with E-state index in [9.17, 15) is 9.59 Å². The molecule has 0 aromatic heterocycles. The van der Waals surface area contributed by atoms with Gasteiger partial charge in [-0.25, -0.2) is 0 Å². The van der Waals surface area contributed by atoms with E-state index in [1.165, 1.54) is 6.08 Å². The highest BCUT2D eigenvalue weighted by molar-refractivity contribution is 6.00.